The molecule has 1 saturated heterocycles. The van der Waals surface area contributed by atoms with Gasteiger partial charge in [-0.2, -0.15) is 0 Å². The molecular formula is C17H22N2O2. The standard InChI is InChI=1S/C17H22N2O2/c1-2-9-18-11-12-5-3-6-13(10-12)19-16(20)14-7-4-8-15(14)17(19)21/h3,5-6,10,14-15,18H,2,4,7-9,11H2,1H3. The van der Waals surface area contributed by atoms with Gasteiger partial charge in [0.05, 0.1) is 17.5 Å². The highest BCUT2D eigenvalue weighted by Crippen LogP contribution is 2.41. The summed E-state index contributed by atoms with van der Waals surface area (Å²) in [5.41, 5.74) is 1.84. The van der Waals surface area contributed by atoms with E-state index in [9.17, 15) is 9.59 Å². The van der Waals surface area contributed by atoms with Crippen molar-refractivity contribution in [3.05, 3.63) is 29.8 Å². The van der Waals surface area contributed by atoms with Crippen LogP contribution < -0.4 is 10.2 Å². The van der Waals surface area contributed by atoms with Crippen molar-refractivity contribution in [3.8, 4) is 0 Å². The maximum Gasteiger partial charge on any atom is 0.237 e. The molecule has 1 saturated carbocycles. The third-order valence-corrected chi connectivity index (χ3v) is 4.52. The third-order valence-electron chi connectivity index (χ3n) is 4.52. The molecule has 0 bridgehead atoms. The highest BCUT2D eigenvalue weighted by molar-refractivity contribution is 6.22. The van der Waals surface area contributed by atoms with Crippen LogP contribution in [0.5, 0.6) is 0 Å². The summed E-state index contributed by atoms with van der Waals surface area (Å²) >= 11 is 0. The molecular weight excluding hydrogens is 264 g/mol. The molecule has 2 atom stereocenters. The maximum atomic E-state index is 12.5. The van der Waals surface area contributed by atoms with Gasteiger partial charge in [-0.3, -0.25) is 14.5 Å². The van der Waals surface area contributed by atoms with E-state index < -0.39 is 0 Å². The van der Waals surface area contributed by atoms with Gasteiger partial charge in [0.1, 0.15) is 0 Å². The van der Waals surface area contributed by atoms with Crippen molar-refractivity contribution in [1.29, 1.82) is 0 Å². The quantitative estimate of drug-likeness (QED) is 0.668. The molecule has 4 nitrogen and oxygen atoms in total. The summed E-state index contributed by atoms with van der Waals surface area (Å²) in [4.78, 5) is 26.3. The summed E-state index contributed by atoms with van der Waals surface area (Å²) in [6.45, 7) is 3.87. The van der Waals surface area contributed by atoms with E-state index in [0.717, 1.165) is 50.0 Å². The Morgan fingerprint density at radius 3 is 2.57 bits per heavy atom. The first kappa shape index (κ1) is 14.3. The number of anilines is 1. The summed E-state index contributed by atoms with van der Waals surface area (Å²) in [5.74, 6) is -0.138. The zero-order chi connectivity index (χ0) is 14.8. The average molecular weight is 286 g/mol. The first-order chi connectivity index (χ1) is 10.2. The number of fused-ring (bicyclic) bond motifs is 1. The number of benzene rings is 1. The molecule has 4 heteroatoms. The Hall–Kier alpha value is -1.68. The summed E-state index contributed by atoms with van der Waals surface area (Å²) in [6, 6.07) is 7.77. The number of hydrogen-bond donors (Lipinski definition) is 1. The van der Waals surface area contributed by atoms with Gasteiger partial charge in [-0.05, 0) is 43.5 Å². The third kappa shape index (κ3) is 2.60. The summed E-state index contributed by atoms with van der Waals surface area (Å²) < 4.78 is 0. The van der Waals surface area contributed by atoms with Gasteiger partial charge in [0.25, 0.3) is 0 Å². The number of imide groups is 1. The second kappa shape index (κ2) is 5.98. The Balaban J connectivity index is 1.79. The second-order valence-corrected chi connectivity index (χ2v) is 6.00. The number of nitrogens with one attached hydrogen (secondary N) is 1. The lowest BCUT2D eigenvalue weighted by atomic mass is 10.00. The molecule has 1 heterocycles. The zero-order valence-corrected chi connectivity index (χ0v) is 12.5. The second-order valence-electron chi connectivity index (χ2n) is 6.00. The highest BCUT2D eigenvalue weighted by atomic mass is 16.2. The number of amides is 2. The average Bonchev–Trinajstić information content (AvgIpc) is 3.05. The lowest BCUT2D eigenvalue weighted by molar-refractivity contribution is -0.122. The summed E-state index contributed by atoms with van der Waals surface area (Å²) in [7, 11) is 0. The van der Waals surface area contributed by atoms with Crippen LogP contribution in [0.15, 0.2) is 24.3 Å². The van der Waals surface area contributed by atoms with Gasteiger partial charge in [-0.15, -0.1) is 0 Å². The van der Waals surface area contributed by atoms with Crippen LogP contribution in [0.2, 0.25) is 0 Å². The van der Waals surface area contributed by atoms with E-state index in [1.807, 2.05) is 24.3 Å². The molecule has 1 N–H and O–H groups in total. The Labute approximate surface area is 125 Å². The number of hydrogen-bond acceptors (Lipinski definition) is 3. The predicted octanol–water partition coefficient (Wildman–Crippen LogP) is 2.48. The Morgan fingerprint density at radius 2 is 1.90 bits per heavy atom. The zero-order valence-electron chi connectivity index (χ0n) is 12.5. The molecule has 1 aromatic rings. The number of rotatable bonds is 5. The smallest absolute Gasteiger partial charge is 0.237 e. The molecule has 3 rings (SSSR count). The van der Waals surface area contributed by atoms with E-state index >= 15 is 0 Å². The van der Waals surface area contributed by atoms with E-state index in [1.54, 1.807) is 0 Å². The first-order valence-electron chi connectivity index (χ1n) is 7.90. The molecule has 0 radical (unpaired) electrons. The van der Waals surface area contributed by atoms with Crippen molar-refractivity contribution in [3.63, 3.8) is 0 Å². The molecule has 0 spiro atoms. The fourth-order valence-corrected chi connectivity index (χ4v) is 3.46. The SMILES string of the molecule is CCCNCc1cccc(N2C(=O)C3CCCC3C2=O)c1. The van der Waals surface area contributed by atoms with Crippen LogP contribution in [0, 0.1) is 11.8 Å². The van der Waals surface area contributed by atoms with Crippen LogP contribution in [0.1, 0.15) is 38.2 Å². The first-order valence-corrected chi connectivity index (χ1v) is 7.90. The van der Waals surface area contributed by atoms with Crippen LogP contribution >= 0.6 is 0 Å². The van der Waals surface area contributed by atoms with Crippen LogP contribution in [0.3, 0.4) is 0 Å². The highest BCUT2D eigenvalue weighted by Gasteiger charge is 2.50. The van der Waals surface area contributed by atoms with Crippen molar-refractivity contribution in [2.45, 2.75) is 39.2 Å². The monoisotopic (exact) mass is 286 g/mol. The van der Waals surface area contributed by atoms with Crippen molar-refractivity contribution in [2.75, 3.05) is 11.4 Å². The Bertz CT molecular complexity index is 533. The molecule has 2 amide bonds. The molecule has 2 fully saturated rings. The van der Waals surface area contributed by atoms with Gasteiger partial charge in [-0.1, -0.05) is 25.5 Å². The van der Waals surface area contributed by atoms with Crippen molar-refractivity contribution >= 4 is 17.5 Å². The topological polar surface area (TPSA) is 49.4 Å². The van der Waals surface area contributed by atoms with Crippen LogP contribution in [-0.2, 0) is 16.1 Å². The van der Waals surface area contributed by atoms with Gasteiger partial charge < -0.3 is 5.32 Å². The van der Waals surface area contributed by atoms with Gasteiger partial charge in [-0.25, -0.2) is 0 Å². The summed E-state index contributed by atoms with van der Waals surface area (Å²) in [6.07, 6.45) is 3.82. The van der Waals surface area contributed by atoms with E-state index in [1.165, 1.54) is 4.90 Å². The van der Waals surface area contributed by atoms with Crippen molar-refractivity contribution in [2.24, 2.45) is 11.8 Å². The lowest BCUT2D eigenvalue weighted by Gasteiger charge is -2.17. The molecule has 1 aliphatic heterocycles. The fourth-order valence-electron chi connectivity index (χ4n) is 3.46. The van der Waals surface area contributed by atoms with Gasteiger partial charge in [0, 0.05) is 6.54 Å². The molecule has 2 unspecified atom stereocenters. The van der Waals surface area contributed by atoms with E-state index in [0.29, 0.717) is 0 Å². The van der Waals surface area contributed by atoms with E-state index in [4.69, 9.17) is 0 Å². The fraction of sp³-hybridized carbons (Fsp3) is 0.529. The minimum absolute atomic E-state index is 0.00108. The van der Waals surface area contributed by atoms with E-state index in [2.05, 4.69) is 12.2 Å². The van der Waals surface area contributed by atoms with Crippen LogP contribution in [-0.4, -0.2) is 18.4 Å². The Morgan fingerprint density at radius 1 is 1.19 bits per heavy atom. The maximum absolute atomic E-state index is 12.5. The number of carbonyl (C=O) groups is 2. The van der Waals surface area contributed by atoms with Crippen LogP contribution in [0.25, 0.3) is 0 Å². The largest absolute Gasteiger partial charge is 0.313 e. The van der Waals surface area contributed by atoms with Gasteiger partial charge >= 0.3 is 0 Å². The molecule has 21 heavy (non-hydrogen) atoms. The molecule has 2 aliphatic rings. The predicted molar refractivity (Wildman–Crippen MR) is 81.8 cm³/mol. The van der Waals surface area contributed by atoms with E-state index in [-0.39, 0.29) is 23.7 Å². The van der Waals surface area contributed by atoms with Crippen LogP contribution in [0.4, 0.5) is 5.69 Å². The molecule has 0 aromatic heterocycles. The minimum atomic E-state index is -0.0700. The normalized spacial score (nSPS) is 24.7. The van der Waals surface area contributed by atoms with Gasteiger partial charge in [0.15, 0.2) is 0 Å². The molecule has 1 aromatic carbocycles. The summed E-state index contributed by atoms with van der Waals surface area (Å²) in [5, 5.41) is 3.34. The van der Waals surface area contributed by atoms with Crippen molar-refractivity contribution < 1.29 is 9.59 Å². The minimum Gasteiger partial charge on any atom is -0.313 e. The Kier molecular flexibility index (Phi) is 4.06. The molecule has 112 valence electrons. The van der Waals surface area contributed by atoms with Crippen molar-refractivity contribution in [1.82, 2.24) is 5.32 Å². The lowest BCUT2D eigenvalue weighted by Crippen LogP contribution is -2.31. The number of nitrogens with zero attached hydrogens (tertiary/aromatic N) is 1. The van der Waals surface area contributed by atoms with Gasteiger partial charge in [0.2, 0.25) is 11.8 Å². The number of carbonyl (C=O) groups excluding carboxylic acids is 2. The molecule has 1 aliphatic carbocycles.